The van der Waals surface area contributed by atoms with Crippen molar-refractivity contribution in [3.63, 3.8) is 0 Å². The Balaban J connectivity index is -0.000000226. The predicted octanol–water partition coefficient (Wildman–Crippen LogP) is -6.67. The molecule has 10 atom stereocenters. The average Bonchev–Trinajstić information content (AvgIpc) is 2.97. The molecule has 0 spiro atoms. The van der Waals surface area contributed by atoms with Crippen molar-refractivity contribution in [2.45, 2.75) is 73.6 Å². The first-order chi connectivity index (χ1) is 20.4. The van der Waals surface area contributed by atoms with E-state index in [4.69, 9.17) is 34.3 Å². The summed E-state index contributed by atoms with van der Waals surface area (Å²) in [5, 5.41) is 68.1. The van der Waals surface area contributed by atoms with Gasteiger partial charge < -0.3 is 65.3 Å². The van der Waals surface area contributed by atoms with Gasteiger partial charge in [-0.2, -0.15) is 33.5 Å². The Hall–Kier alpha value is 2.88. The summed E-state index contributed by atoms with van der Waals surface area (Å²) in [6.07, 6.45) is -20.2. The number of aliphatic hydroxyl groups excluding tert-OH is 6. The Bertz CT molecular complexity index is 851. The summed E-state index contributed by atoms with van der Waals surface area (Å²) in [6.45, 7) is 5.02. The van der Waals surface area contributed by atoms with Crippen LogP contribution in [0.2, 0.25) is 0 Å². The van der Waals surface area contributed by atoms with E-state index in [9.17, 15) is 56.4 Å². The molecule has 267 valence electrons. The number of carbonyl (C=O) groups is 2. The number of aliphatic hydroxyl groups is 6. The van der Waals surface area contributed by atoms with E-state index in [1.54, 1.807) is 0 Å². The number of hydrogen-bond acceptors (Lipinski definition) is 13. The minimum absolute atomic E-state index is 0. The zero-order chi connectivity index (χ0) is 34.4. The largest absolute Gasteiger partial charge is 1.00 e. The molecule has 2 fully saturated rings. The monoisotopic (exact) mass is 1370 g/mol. The third-order valence-corrected chi connectivity index (χ3v) is 5.63. The molecule has 0 saturated carbocycles. The van der Waals surface area contributed by atoms with Crippen molar-refractivity contribution in [3.05, 3.63) is 25.3 Å². The molecule has 2 rings (SSSR count). The SMILES string of the molecule is C=CCOC1O[C@H](CO)C(O)C(O)C1NC(=O)C(F)(F)F.C=CCOC1O[C@H](CO)C(O)C(O)C1NC(=O)C(F)(F)F.C[O-].[Ac].[Ac].[Ac].[Na+]. The predicted molar refractivity (Wildman–Crippen MR) is 130 cm³/mol. The smallest absolute Gasteiger partial charge is 0.857 e. The van der Waals surface area contributed by atoms with Crippen LogP contribution in [0.5, 0.6) is 0 Å². The van der Waals surface area contributed by atoms with Gasteiger partial charge >= 0.3 is 53.7 Å². The fourth-order valence-corrected chi connectivity index (χ4v) is 3.55. The van der Waals surface area contributed by atoms with Gasteiger partial charge in [-0.15, -0.1) is 13.2 Å². The molecular formula is C23H35Ac3F6N2NaO13. The van der Waals surface area contributed by atoms with E-state index < -0.39 is 98.7 Å². The third-order valence-electron chi connectivity index (χ3n) is 5.63. The second kappa shape index (κ2) is 30.1. The molecule has 15 nitrogen and oxygen atoms in total. The van der Waals surface area contributed by atoms with Gasteiger partial charge in [0.2, 0.25) is 0 Å². The van der Waals surface area contributed by atoms with Crippen LogP contribution in [-0.2, 0) is 28.5 Å². The minimum Gasteiger partial charge on any atom is -0.857 e. The first-order valence-corrected chi connectivity index (χ1v) is 12.3. The number of halogens is 6. The van der Waals surface area contributed by atoms with E-state index >= 15 is 0 Å². The molecule has 0 aromatic rings. The topological polar surface area (TPSA) is 240 Å². The molecule has 0 bridgehead atoms. The number of alkyl halides is 6. The van der Waals surface area contributed by atoms with Gasteiger partial charge in [0.05, 0.1) is 26.4 Å². The Kier molecular flexibility index (Phi) is 37.8. The van der Waals surface area contributed by atoms with Crippen molar-refractivity contribution in [2.75, 3.05) is 33.5 Å². The maximum Gasteiger partial charge on any atom is 1.00 e. The van der Waals surface area contributed by atoms with Gasteiger partial charge in [0.1, 0.15) is 48.7 Å². The van der Waals surface area contributed by atoms with Crippen LogP contribution in [0.15, 0.2) is 25.3 Å². The fourth-order valence-electron chi connectivity index (χ4n) is 3.55. The first kappa shape index (κ1) is 60.1. The zero-order valence-electron chi connectivity index (χ0n) is 25.7. The fraction of sp³-hybridized carbons (Fsp3) is 0.739. The molecule has 8 N–H and O–H groups in total. The molecule has 2 saturated heterocycles. The molecule has 25 heteroatoms. The third kappa shape index (κ3) is 20.0. The van der Waals surface area contributed by atoms with Gasteiger partial charge in [0.25, 0.3) is 0 Å². The van der Waals surface area contributed by atoms with Crippen LogP contribution in [0.4, 0.5) is 26.3 Å². The van der Waals surface area contributed by atoms with Crippen LogP contribution >= 0.6 is 0 Å². The standard InChI is InChI=1S/2C11H16F3NO6.CH3O.3Ac.Na/c2*1-2-3-20-9-6(15-10(19)11(12,13)14)8(18)7(17)5(4-16)21-9;1-2;;;;/h2*2,5-9,16-18H,1,3-4H2,(H,15,19);1H3;;;;/q;;-1;;;;+1/t2*5-,6?,7?,8?,9?;;;;;/m11...../s1. The average molecular weight is 1370 g/mol. The molecule has 2 heterocycles. The Morgan fingerprint density at radius 1 is 0.708 bits per heavy atom. The summed E-state index contributed by atoms with van der Waals surface area (Å²) in [4.78, 5) is 21.9. The summed E-state index contributed by atoms with van der Waals surface area (Å²) in [5.41, 5.74) is 0. The van der Waals surface area contributed by atoms with Crippen LogP contribution in [0, 0.1) is 132 Å². The van der Waals surface area contributed by atoms with Crippen LogP contribution in [0.25, 0.3) is 0 Å². The molecule has 0 aromatic carbocycles. The number of amides is 2. The van der Waals surface area contributed by atoms with Crippen molar-refractivity contribution in [3.8, 4) is 0 Å². The van der Waals surface area contributed by atoms with E-state index in [2.05, 4.69) is 13.2 Å². The normalized spacial score (nSPS) is 29.5. The zero-order valence-corrected chi connectivity index (χ0v) is 41.9. The molecule has 2 aliphatic heterocycles. The molecule has 0 aromatic heterocycles. The van der Waals surface area contributed by atoms with Gasteiger partial charge in [0, 0.05) is 132 Å². The number of hydrogen-bond donors (Lipinski definition) is 8. The second-order valence-electron chi connectivity index (χ2n) is 8.65. The molecular weight excluding hydrogens is 1330 g/mol. The van der Waals surface area contributed by atoms with Gasteiger partial charge in [-0.25, -0.2) is 0 Å². The van der Waals surface area contributed by atoms with Crippen LogP contribution in [-0.4, -0.2) is 150 Å². The maximum absolute atomic E-state index is 12.3. The molecule has 3 radical (unpaired) electrons. The van der Waals surface area contributed by atoms with Crippen molar-refractivity contribution in [1.82, 2.24) is 10.6 Å². The molecule has 8 unspecified atom stereocenters. The number of nitrogens with one attached hydrogen (secondary N) is 2. The van der Waals surface area contributed by atoms with E-state index in [1.807, 2.05) is 0 Å². The van der Waals surface area contributed by atoms with Crippen molar-refractivity contribution >= 4 is 11.8 Å². The quantitative estimate of drug-likeness (QED) is 0.0578. The van der Waals surface area contributed by atoms with Crippen LogP contribution in [0.3, 0.4) is 0 Å². The summed E-state index contributed by atoms with van der Waals surface area (Å²) in [7, 11) is 0.750. The molecule has 48 heavy (non-hydrogen) atoms. The molecule has 2 aliphatic rings. The van der Waals surface area contributed by atoms with Gasteiger partial charge in [-0.1, -0.05) is 12.2 Å². The van der Waals surface area contributed by atoms with Crippen LogP contribution in [0.1, 0.15) is 0 Å². The summed E-state index contributed by atoms with van der Waals surface area (Å²) in [5.74, 6) is -4.62. The Morgan fingerprint density at radius 3 is 1.19 bits per heavy atom. The maximum atomic E-state index is 12.3. The second-order valence-corrected chi connectivity index (χ2v) is 8.65. The molecule has 0 aliphatic carbocycles. The van der Waals surface area contributed by atoms with Gasteiger partial charge in [-0.3, -0.25) is 9.59 Å². The summed E-state index contributed by atoms with van der Waals surface area (Å²) in [6, 6.07) is -3.31. The van der Waals surface area contributed by atoms with E-state index in [1.165, 1.54) is 22.8 Å². The van der Waals surface area contributed by atoms with Crippen LogP contribution < -0.4 is 45.3 Å². The Morgan fingerprint density at radius 2 is 0.979 bits per heavy atom. The van der Waals surface area contributed by atoms with Gasteiger partial charge in [-0.05, 0) is 0 Å². The van der Waals surface area contributed by atoms with E-state index in [0.717, 1.165) is 7.11 Å². The van der Waals surface area contributed by atoms with E-state index in [-0.39, 0.29) is 175 Å². The molecule has 2 amide bonds. The number of carbonyl (C=O) groups excluding carboxylic acids is 2. The van der Waals surface area contributed by atoms with Gasteiger partial charge in [0.15, 0.2) is 12.6 Å². The number of rotatable bonds is 10. The Labute approximate surface area is 400 Å². The van der Waals surface area contributed by atoms with Crippen molar-refractivity contribution in [2.24, 2.45) is 0 Å². The first-order valence-electron chi connectivity index (χ1n) is 12.3. The minimum atomic E-state index is -5.17. The van der Waals surface area contributed by atoms with E-state index in [0.29, 0.717) is 0 Å². The summed E-state index contributed by atoms with van der Waals surface area (Å²) < 4.78 is 93.6. The number of ether oxygens (including phenoxy) is 4. The van der Waals surface area contributed by atoms with Crippen molar-refractivity contribution in [1.29, 1.82) is 0 Å². The van der Waals surface area contributed by atoms with Crippen molar-refractivity contribution < 1.29 is 252 Å². The summed E-state index contributed by atoms with van der Waals surface area (Å²) >= 11 is 0.